The third kappa shape index (κ3) is 6.39. The van der Waals surface area contributed by atoms with Crippen molar-refractivity contribution in [2.75, 3.05) is 26.2 Å². The summed E-state index contributed by atoms with van der Waals surface area (Å²) in [5.74, 6) is 1.79. The minimum atomic E-state index is 0.286. The molecule has 0 unspecified atom stereocenters. The molecule has 0 spiro atoms. The molecule has 0 aromatic carbocycles. The van der Waals surface area contributed by atoms with E-state index in [9.17, 15) is 4.79 Å². The lowest BCUT2D eigenvalue weighted by Crippen LogP contribution is -2.39. The number of aromatic nitrogens is 1. The predicted octanol–water partition coefficient (Wildman–Crippen LogP) is 2.47. The van der Waals surface area contributed by atoms with Crippen LogP contribution in [0.3, 0.4) is 0 Å². The average Bonchev–Trinajstić information content (AvgIpc) is 3.36. The molecule has 2 fully saturated rings. The smallest absolute Gasteiger partial charge is 0.222 e. The van der Waals surface area contributed by atoms with Crippen molar-refractivity contribution in [1.29, 1.82) is 0 Å². The van der Waals surface area contributed by atoms with Gasteiger partial charge in [0.05, 0.1) is 6.54 Å². The summed E-state index contributed by atoms with van der Waals surface area (Å²) in [7, 11) is 0. The molecule has 7 heteroatoms. The first-order valence-electron chi connectivity index (χ1n) is 10.7. The van der Waals surface area contributed by atoms with Crippen molar-refractivity contribution in [3.63, 3.8) is 0 Å². The molecular weight excluding hydrogens is 354 g/mol. The number of rotatable bonds is 9. The first-order chi connectivity index (χ1) is 13.7. The van der Waals surface area contributed by atoms with Gasteiger partial charge in [-0.2, -0.15) is 0 Å². The zero-order valence-electron chi connectivity index (χ0n) is 17.0. The zero-order chi connectivity index (χ0) is 19.6. The largest absolute Gasteiger partial charge is 0.474 e. The van der Waals surface area contributed by atoms with E-state index < -0.39 is 0 Å². The number of aliphatic imine (C=N–C) groups is 1. The highest BCUT2D eigenvalue weighted by Gasteiger charge is 2.19. The fraction of sp³-hybridized carbons (Fsp3) is 0.667. The first-order valence-corrected chi connectivity index (χ1v) is 10.7. The topological polar surface area (TPSA) is 78.9 Å². The second-order valence-electron chi connectivity index (χ2n) is 7.49. The Kier molecular flexibility index (Phi) is 7.94. The standard InChI is InChI=1S/C21H33N5O2/c1-2-22-21(23-12-6-14-26-13-5-9-20(26)27)25-16-17-10-11-19(24-15-17)28-18-7-3-4-8-18/h10-11,15,18H,2-9,12-14,16H2,1H3,(H2,22,23,25). The lowest BCUT2D eigenvalue weighted by molar-refractivity contribution is -0.127. The molecule has 1 aromatic rings. The minimum absolute atomic E-state index is 0.286. The number of likely N-dealkylation sites (tertiary alicyclic amines) is 1. The Hall–Kier alpha value is -2.31. The number of nitrogens with one attached hydrogen (secondary N) is 2. The van der Waals surface area contributed by atoms with Gasteiger partial charge < -0.3 is 20.3 Å². The molecule has 1 saturated heterocycles. The Bertz CT molecular complexity index is 641. The molecular formula is C21H33N5O2. The van der Waals surface area contributed by atoms with E-state index in [1.54, 1.807) is 0 Å². The van der Waals surface area contributed by atoms with E-state index >= 15 is 0 Å². The highest BCUT2D eigenvalue weighted by atomic mass is 16.5. The Morgan fingerprint density at radius 2 is 2.14 bits per heavy atom. The van der Waals surface area contributed by atoms with E-state index in [2.05, 4.69) is 27.5 Å². The SMILES string of the molecule is CCNC(=NCc1ccc(OC2CCCC2)nc1)NCCCN1CCCC1=O. The summed E-state index contributed by atoms with van der Waals surface area (Å²) in [6, 6.07) is 3.97. The third-order valence-corrected chi connectivity index (χ3v) is 5.22. The third-order valence-electron chi connectivity index (χ3n) is 5.22. The van der Waals surface area contributed by atoms with Crippen LogP contribution in [0.25, 0.3) is 0 Å². The molecule has 2 heterocycles. The highest BCUT2D eigenvalue weighted by molar-refractivity contribution is 5.79. The summed E-state index contributed by atoms with van der Waals surface area (Å²) in [5, 5.41) is 6.61. The van der Waals surface area contributed by atoms with E-state index in [1.807, 2.05) is 23.2 Å². The van der Waals surface area contributed by atoms with Crippen molar-refractivity contribution in [2.45, 2.75) is 64.5 Å². The molecule has 0 atom stereocenters. The normalized spacial score (nSPS) is 18.0. The number of guanidine groups is 1. The Balaban J connectivity index is 1.41. The van der Waals surface area contributed by atoms with Gasteiger partial charge in [0.15, 0.2) is 5.96 Å². The molecule has 1 aliphatic carbocycles. The molecule has 154 valence electrons. The van der Waals surface area contributed by atoms with Gasteiger partial charge in [-0.1, -0.05) is 6.07 Å². The van der Waals surface area contributed by atoms with Crippen LogP contribution in [0.15, 0.2) is 23.3 Å². The van der Waals surface area contributed by atoms with Gasteiger partial charge in [0, 0.05) is 44.9 Å². The van der Waals surface area contributed by atoms with E-state index in [4.69, 9.17) is 4.74 Å². The van der Waals surface area contributed by atoms with Crippen molar-refractivity contribution in [2.24, 2.45) is 4.99 Å². The monoisotopic (exact) mass is 387 g/mol. The number of ether oxygens (including phenoxy) is 1. The van der Waals surface area contributed by atoms with E-state index in [1.165, 1.54) is 12.8 Å². The number of carbonyl (C=O) groups excluding carboxylic acids is 1. The van der Waals surface area contributed by atoms with Crippen molar-refractivity contribution in [3.8, 4) is 5.88 Å². The summed E-state index contributed by atoms with van der Waals surface area (Å²) in [5.41, 5.74) is 1.05. The van der Waals surface area contributed by atoms with Crippen LogP contribution >= 0.6 is 0 Å². The van der Waals surface area contributed by atoms with Gasteiger partial charge in [-0.05, 0) is 51.0 Å². The van der Waals surface area contributed by atoms with Crippen LogP contribution in [-0.2, 0) is 11.3 Å². The number of amides is 1. The molecule has 2 aliphatic rings. The lowest BCUT2D eigenvalue weighted by atomic mass is 10.3. The molecule has 1 aliphatic heterocycles. The summed E-state index contributed by atoms with van der Waals surface area (Å²) in [4.78, 5) is 22.6. The maximum absolute atomic E-state index is 11.6. The fourth-order valence-corrected chi connectivity index (χ4v) is 3.68. The van der Waals surface area contributed by atoms with Crippen molar-refractivity contribution in [1.82, 2.24) is 20.5 Å². The van der Waals surface area contributed by atoms with E-state index in [0.29, 0.717) is 24.9 Å². The molecule has 1 aromatic heterocycles. The number of pyridine rings is 1. The molecule has 0 bridgehead atoms. The van der Waals surface area contributed by atoms with Gasteiger partial charge in [-0.15, -0.1) is 0 Å². The van der Waals surface area contributed by atoms with Crippen LogP contribution in [0.2, 0.25) is 0 Å². The second kappa shape index (κ2) is 10.9. The van der Waals surface area contributed by atoms with Gasteiger partial charge in [-0.3, -0.25) is 4.79 Å². The summed E-state index contributed by atoms with van der Waals surface area (Å²) >= 11 is 0. The predicted molar refractivity (Wildman–Crippen MR) is 110 cm³/mol. The van der Waals surface area contributed by atoms with Crippen LogP contribution < -0.4 is 15.4 Å². The van der Waals surface area contributed by atoms with Crippen LogP contribution in [0, 0.1) is 0 Å². The average molecular weight is 388 g/mol. The van der Waals surface area contributed by atoms with Crippen LogP contribution in [0.5, 0.6) is 5.88 Å². The molecule has 2 N–H and O–H groups in total. The van der Waals surface area contributed by atoms with Crippen molar-refractivity contribution >= 4 is 11.9 Å². The molecule has 1 saturated carbocycles. The van der Waals surface area contributed by atoms with Crippen molar-refractivity contribution < 1.29 is 9.53 Å². The van der Waals surface area contributed by atoms with Crippen LogP contribution in [0.4, 0.5) is 0 Å². The second-order valence-corrected chi connectivity index (χ2v) is 7.49. The molecule has 3 rings (SSSR count). The van der Waals surface area contributed by atoms with E-state index in [-0.39, 0.29) is 5.91 Å². The lowest BCUT2D eigenvalue weighted by Gasteiger charge is -2.16. The van der Waals surface area contributed by atoms with Crippen molar-refractivity contribution in [3.05, 3.63) is 23.9 Å². The highest BCUT2D eigenvalue weighted by Crippen LogP contribution is 2.22. The molecule has 7 nitrogen and oxygen atoms in total. The summed E-state index contributed by atoms with van der Waals surface area (Å²) in [6.07, 6.45) is 9.58. The van der Waals surface area contributed by atoms with Gasteiger partial charge in [-0.25, -0.2) is 9.98 Å². The van der Waals surface area contributed by atoms with Crippen LogP contribution in [-0.4, -0.2) is 54.0 Å². The van der Waals surface area contributed by atoms with Gasteiger partial charge in [0.25, 0.3) is 0 Å². The molecule has 1 amide bonds. The molecule has 0 radical (unpaired) electrons. The Labute approximate surface area is 168 Å². The summed E-state index contributed by atoms with van der Waals surface area (Å²) in [6.45, 7) is 5.94. The first kappa shape index (κ1) is 20.4. The summed E-state index contributed by atoms with van der Waals surface area (Å²) < 4.78 is 5.91. The number of hydrogen-bond acceptors (Lipinski definition) is 4. The Morgan fingerprint density at radius 1 is 1.29 bits per heavy atom. The zero-order valence-corrected chi connectivity index (χ0v) is 17.0. The maximum atomic E-state index is 11.6. The fourth-order valence-electron chi connectivity index (χ4n) is 3.68. The maximum Gasteiger partial charge on any atom is 0.222 e. The number of hydrogen-bond donors (Lipinski definition) is 2. The van der Waals surface area contributed by atoms with Gasteiger partial charge in [0.2, 0.25) is 11.8 Å². The minimum Gasteiger partial charge on any atom is -0.474 e. The Morgan fingerprint density at radius 3 is 2.82 bits per heavy atom. The number of nitrogens with zero attached hydrogens (tertiary/aromatic N) is 3. The van der Waals surface area contributed by atoms with Gasteiger partial charge in [0.1, 0.15) is 6.10 Å². The van der Waals surface area contributed by atoms with Crippen LogP contribution in [0.1, 0.15) is 57.4 Å². The number of carbonyl (C=O) groups is 1. The van der Waals surface area contributed by atoms with Gasteiger partial charge >= 0.3 is 0 Å². The van der Waals surface area contributed by atoms with E-state index in [0.717, 1.165) is 63.4 Å². The quantitative estimate of drug-likeness (QED) is 0.387. The molecule has 28 heavy (non-hydrogen) atoms.